The summed E-state index contributed by atoms with van der Waals surface area (Å²) in [5.41, 5.74) is 0.821. The van der Waals surface area contributed by atoms with Gasteiger partial charge < -0.3 is 9.73 Å². The highest BCUT2D eigenvalue weighted by atomic mass is 32.2. The van der Waals surface area contributed by atoms with Crippen LogP contribution in [0.4, 0.5) is 5.69 Å². The van der Waals surface area contributed by atoms with Crippen molar-refractivity contribution in [1.29, 1.82) is 0 Å². The van der Waals surface area contributed by atoms with Gasteiger partial charge in [0, 0.05) is 11.3 Å². The average molecular weight is 376 g/mol. The summed E-state index contributed by atoms with van der Waals surface area (Å²) in [6, 6.07) is 12.7. The molecule has 0 bridgehead atoms. The van der Waals surface area contributed by atoms with Crippen LogP contribution in [0, 0.1) is 0 Å². The van der Waals surface area contributed by atoms with E-state index in [0.29, 0.717) is 17.0 Å². The Morgan fingerprint density at radius 1 is 1.12 bits per heavy atom. The number of benzene rings is 1. The van der Waals surface area contributed by atoms with E-state index in [-0.39, 0.29) is 16.2 Å². The normalized spacial score (nSPS) is 12.5. The van der Waals surface area contributed by atoms with Crippen molar-refractivity contribution in [1.82, 2.24) is 5.32 Å². The Morgan fingerprint density at radius 3 is 2.48 bits per heavy atom. The number of carbonyl (C=O) groups is 1. The van der Waals surface area contributed by atoms with Crippen LogP contribution in [0.3, 0.4) is 0 Å². The molecule has 6 nitrogen and oxygen atoms in total. The Hall–Kier alpha value is -2.58. The first-order chi connectivity index (χ1) is 12.0. The van der Waals surface area contributed by atoms with Crippen LogP contribution >= 0.6 is 11.3 Å². The molecule has 2 N–H and O–H groups in total. The lowest BCUT2D eigenvalue weighted by Crippen LogP contribution is -2.26. The number of hydrogen-bond acceptors (Lipinski definition) is 5. The SMILES string of the molecule is C[C@@H](NC(=O)c1ccc(NS(=O)(=O)c2cccs2)cc1)c1ccco1. The first kappa shape index (κ1) is 17.2. The van der Waals surface area contributed by atoms with Gasteiger partial charge in [-0.2, -0.15) is 0 Å². The third kappa shape index (κ3) is 4.09. The molecule has 8 heteroatoms. The van der Waals surface area contributed by atoms with Gasteiger partial charge in [-0.3, -0.25) is 9.52 Å². The highest BCUT2D eigenvalue weighted by Crippen LogP contribution is 2.21. The molecular formula is C17H16N2O4S2. The Kier molecular flexibility index (Phi) is 4.91. The highest BCUT2D eigenvalue weighted by Gasteiger charge is 2.16. The van der Waals surface area contributed by atoms with E-state index in [1.165, 1.54) is 6.07 Å². The molecule has 0 saturated heterocycles. The van der Waals surface area contributed by atoms with Gasteiger partial charge in [0.1, 0.15) is 9.97 Å². The standard InChI is InChI=1S/C17H16N2O4S2/c1-12(15-4-2-10-23-15)18-17(20)13-6-8-14(9-7-13)19-25(21,22)16-5-3-11-24-16/h2-12,19H,1H3,(H,18,20)/t12-/m1/s1. The first-order valence-electron chi connectivity index (χ1n) is 7.46. The maximum atomic E-state index is 12.2. The summed E-state index contributed by atoms with van der Waals surface area (Å²) >= 11 is 1.14. The third-order valence-electron chi connectivity index (χ3n) is 3.48. The van der Waals surface area contributed by atoms with Gasteiger partial charge in [0.25, 0.3) is 15.9 Å². The number of furan rings is 1. The lowest BCUT2D eigenvalue weighted by molar-refractivity contribution is 0.0935. The molecule has 0 unspecified atom stereocenters. The summed E-state index contributed by atoms with van der Waals surface area (Å²) in [6.07, 6.45) is 1.55. The molecule has 2 aromatic heterocycles. The summed E-state index contributed by atoms with van der Waals surface area (Å²) < 4.78 is 32.3. The van der Waals surface area contributed by atoms with Crippen LogP contribution in [0.1, 0.15) is 29.1 Å². The molecule has 25 heavy (non-hydrogen) atoms. The predicted molar refractivity (Wildman–Crippen MR) is 96.2 cm³/mol. The number of carbonyl (C=O) groups excluding carboxylic acids is 1. The smallest absolute Gasteiger partial charge is 0.271 e. The predicted octanol–water partition coefficient (Wildman–Crippen LogP) is 3.63. The Morgan fingerprint density at radius 2 is 1.88 bits per heavy atom. The monoisotopic (exact) mass is 376 g/mol. The van der Waals surface area contributed by atoms with Gasteiger partial charge in [0.05, 0.1) is 12.3 Å². The molecule has 0 saturated carbocycles. The molecule has 0 spiro atoms. The van der Waals surface area contributed by atoms with Gasteiger partial charge in [-0.05, 0) is 54.8 Å². The van der Waals surface area contributed by atoms with Crippen LogP contribution in [0.25, 0.3) is 0 Å². The number of nitrogens with one attached hydrogen (secondary N) is 2. The van der Waals surface area contributed by atoms with E-state index in [1.54, 1.807) is 54.1 Å². The molecule has 0 aliphatic rings. The molecule has 3 rings (SSSR count). The zero-order chi connectivity index (χ0) is 17.9. The van der Waals surface area contributed by atoms with Crippen LogP contribution in [0.15, 0.2) is 68.8 Å². The van der Waals surface area contributed by atoms with E-state index in [1.807, 2.05) is 6.92 Å². The van der Waals surface area contributed by atoms with Gasteiger partial charge in [-0.15, -0.1) is 11.3 Å². The van der Waals surface area contributed by atoms with E-state index in [0.717, 1.165) is 11.3 Å². The minimum absolute atomic E-state index is 0.238. The Balaban J connectivity index is 1.67. The maximum Gasteiger partial charge on any atom is 0.271 e. The van der Waals surface area contributed by atoms with Crippen LogP contribution in [0.5, 0.6) is 0 Å². The molecule has 1 aromatic carbocycles. The summed E-state index contributed by atoms with van der Waals surface area (Å²) in [4.78, 5) is 12.2. The minimum atomic E-state index is -3.60. The van der Waals surface area contributed by atoms with E-state index in [4.69, 9.17) is 4.42 Å². The second kappa shape index (κ2) is 7.12. The summed E-state index contributed by atoms with van der Waals surface area (Å²) in [6.45, 7) is 1.82. The van der Waals surface area contributed by atoms with Crippen molar-refractivity contribution in [2.45, 2.75) is 17.2 Å². The number of thiophene rings is 1. The van der Waals surface area contributed by atoms with Crippen molar-refractivity contribution in [3.63, 3.8) is 0 Å². The minimum Gasteiger partial charge on any atom is -0.467 e. The zero-order valence-corrected chi connectivity index (χ0v) is 14.9. The first-order valence-corrected chi connectivity index (χ1v) is 9.82. The fourth-order valence-electron chi connectivity index (χ4n) is 2.20. The molecule has 1 amide bonds. The highest BCUT2D eigenvalue weighted by molar-refractivity contribution is 7.94. The van der Waals surface area contributed by atoms with E-state index in [2.05, 4.69) is 10.0 Å². The van der Waals surface area contributed by atoms with Crippen molar-refractivity contribution >= 4 is 33.0 Å². The molecule has 0 aliphatic heterocycles. The molecule has 1 atom stereocenters. The van der Waals surface area contributed by atoms with E-state index in [9.17, 15) is 13.2 Å². The van der Waals surface area contributed by atoms with E-state index >= 15 is 0 Å². The van der Waals surface area contributed by atoms with Crippen molar-refractivity contribution < 1.29 is 17.6 Å². The van der Waals surface area contributed by atoms with Crippen molar-refractivity contribution in [3.8, 4) is 0 Å². The van der Waals surface area contributed by atoms with E-state index < -0.39 is 10.0 Å². The quantitative estimate of drug-likeness (QED) is 0.687. The summed E-state index contributed by atoms with van der Waals surface area (Å²) in [7, 11) is -3.60. The zero-order valence-electron chi connectivity index (χ0n) is 13.3. The Labute approximate surface area is 149 Å². The molecule has 0 radical (unpaired) electrons. The lowest BCUT2D eigenvalue weighted by atomic mass is 10.1. The number of sulfonamides is 1. The van der Waals surface area contributed by atoms with Gasteiger partial charge in [-0.1, -0.05) is 6.07 Å². The van der Waals surface area contributed by atoms with Crippen LogP contribution in [-0.2, 0) is 10.0 Å². The lowest BCUT2D eigenvalue weighted by Gasteiger charge is -2.12. The molecule has 0 fully saturated rings. The van der Waals surface area contributed by atoms with Crippen molar-refractivity contribution in [2.24, 2.45) is 0 Å². The van der Waals surface area contributed by atoms with Gasteiger partial charge in [-0.25, -0.2) is 8.42 Å². The molecule has 3 aromatic rings. The van der Waals surface area contributed by atoms with Crippen molar-refractivity contribution in [2.75, 3.05) is 4.72 Å². The topological polar surface area (TPSA) is 88.4 Å². The van der Waals surface area contributed by atoms with Gasteiger partial charge in [0.2, 0.25) is 0 Å². The summed E-state index contributed by atoms with van der Waals surface area (Å²) in [5, 5.41) is 4.52. The second-order valence-electron chi connectivity index (χ2n) is 5.33. The summed E-state index contributed by atoms with van der Waals surface area (Å²) in [5.74, 6) is 0.394. The molecule has 2 heterocycles. The number of hydrogen-bond donors (Lipinski definition) is 2. The number of amides is 1. The van der Waals surface area contributed by atoms with Crippen LogP contribution in [-0.4, -0.2) is 14.3 Å². The van der Waals surface area contributed by atoms with Crippen molar-refractivity contribution in [3.05, 3.63) is 71.5 Å². The number of rotatable bonds is 6. The average Bonchev–Trinajstić information content (AvgIpc) is 3.29. The molecular weight excluding hydrogens is 360 g/mol. The largest absolute Gasteiger partial charge is 0.467 e. The fourth-order valence-corrected chi connectivity index (χ4v) is 4.25. The van der Waals surface area contributed by atoms with Crippen LogP contribution in [0.2, 0.25) is 0 Å². The Bertz CT molecular complexity index is 931. The number of anilines is 1. The fraction of sp³-hybridized carbons (Fsp3) is 0.118. The van der Waals surface area contributed by atoms with Crippen LogP contribution < -0.4 is 10.0 Å². The third-order valence-corrected chi connectivity index (χ3v) is 6.26. The molecule has 130 valence electrons. The maximum absolute atomic E-state index is 12.2. The van der Waals surface area contributed by atoms with Gasteiger partial charge in [0.15, 0.2) is 0 Å². The second-order valence-corrected chi connectivity index (χ2v) is 8.18. The molecule has 0 aliphatic carbocycles. The van der Waals surface area contributed by atoms with Gasteiger partial charge >= 0.3 is 0 Å².